The van der Waals surface area contributed by atoms with Gasteiger partial charge in [-0.3, -0.25) is 4.79 Å². The van der Waals surface area contributed by atoms with Crippen molar-refractivity contribution in [1.82, 2.24) is 10.6 Å². The molecule has 18 heavy (non-hydrogen) atoms. The van der Waals surface area contributed by atoms with E-state index in [4.69, 9.17) is 5.11 Å². The van der Waals surface area contributed by atoms with Crippen molar-refractivity contribution in [2.45, 2.75) is 32.1 Å². The molecule has 0 aromatic rings. The fourth-order valence-corrected chi connectivity index (χ4v) is 2.21. The highest BCUT2D eigenvalue weighted by Gasteiger charge is 2.50. The summed E-state index contributed by atoms with van der Waals surface area (Å²) in [7, 11) is 0. The maximum absolute atomic E-state index is 11.5. The molecular formula is C13H20N2O3. The third-order valence-electron chi connectivity index (χ3n) is 3.82. The van der Waals surface area contributed by atoms with Crippen LogP contribution in [0.4, 0.5) is 4.79 Å². The Labute approximate surface area is 107 Å². The number of aliphatic carboxylic acids is 1. The van der Waals surface area contributed by atoms with Gasteiger partial charge in [0.05, 0.1) is 5.41 Å². The Balaban J connectivity index is 1.63. The van der Waals surface area contributed by atoms with Crippen molar-refractivity contribution < 1.29 is 14.7 Å². The Morgan fingerprint density at radius 1 is 1.28 bits per heavy atom. The summed E-state index contributed by atoms with van der Waals surface area (Å²) >= 11 is 0. The number of carbonyl (C=O) groups excluding carboxylic acids is 1. The minimum atomic E-state index is -0.805. The van der Waals surface area contributed by atoms with Crippen molar-refractivity contribution in [3.63, 3.8) is 0 Å². The van der Waals surface area contributed by atoms with Crippen LogP contribution in [0.5, 0.6) is 0 Å². The van der Waals surface area contributed by atoms with Crippen LogP contribution in [0.1, 0.15) is 32.1 Å². The molecule has 0 bridgehead atoms. The average Bonchev–Trinajstić information content (AvgIpc) is 3.16. The number of rotatable bonds is 5. The first kappa shape index (κ1) is 12.9. The molecule has 2 amide bonds. The molecule has 1 fully saturated rings. The molecule has 0 heterocycles. The van der Waals surface area contributed by atoms with Crippen molar-refractivity contribution in [3.05, 3.63) is 12.2 Å². The highest BCUT2D eigenvalue weighted by atomic mass is 16.4. The van der Waals surface area contributed by atoms with Crippen molar-refractivity contribution in [2.75, 3.05) is 13.1 Å². The second kappa shape index (κ2) is 5.42. The topological polar surface area (TPSA) is 78.4 Å². The zero-order valence-electron chi connectivity index (χ0n) is 10.4. The van der Waals surface area contributed by atoms with Crippen LogP contribution in [-0.2, 0) is 4.79 Å². The molecule has 0 aromatic carbocycles. The van der Waals surface area contributed by atoms with Crippen LogP contribution in [0.3, 0.4) is 0 Å². The van der Waals surface area contributed by atoms with E-state index in [9.17, 15) is 9.59 Å². The highest BCUT2D eigenvalue weighted by molar-refractivity contribution is 5.80. The summed E-state index contributed by atoms with van der Waals surface area (Å²) < 4.78 is 0. The summed E-state index contributed by atoms with van der Waals surface area (Å²) in [6.45, 7) is 0.898. The van der Waals surface area contributed by atoms with Gasteiger partial charge in [-0.25, -0.2) is 4.79 Å². The van der Waals surface area contributed by atoms with Crippen molar-refractivity contribution >= 4 is 12.0 Å². The van der Waals surface area contributed by atoms with Gasteiger partial charge in [0.1, 0.15) is 0 Å². The fraction of sp³-hybridized carbons (Fsp3) is 0.692. The maximum Gasteiger partial charge on any atom is 0.314 e. The molecule has 2 rings (SSSR count). The number of amides is 2. The van der Waals surface area contributed by atoms with E-state index in [-0.39, 0.29) is 12.6 Å². The Morgan fingerprint density at radius 3 is 2.61 bits per heavy atom. The van der Waals surface area contributed by atoms with E-state index in [1.165, 1.54) is 0 Å². The lowest BCUT2D eigenvalue weighted by molar-refractivity contribution is -0.143. The molecule has 2 aliphatic carbocycles. The highest BCUT2D eigenvalue weighted by Crippen LogP contribution is 2.45. The number of carboxylic acids is 1. The van der Waals surface area contributed by atoms with Gasteiger partial charge in [0, 0.05) is 13.1 Å². The van der Waals surface area contributed by atoms with Crippen LogP contribution < -0.4 is 10.6 Å². The molecule has 5 nitrogen and oxygen atoms in total. The molecule has 1 unspecified atom stereocenters. The first-order valence-corrected chi connectivity index (χ1v) is 6.52. The first-order chi connectivity index (χ1) is 8.62. The number of allylic oxidation sites excluding steroid dienone is 2. The van der Waals surface area contributed by atoms with Crippen molar-refractivity contribution in [1.29, 1.82) is 0 Å². The van der Waals surface area contributed by atoms with Gasteiger partial charge in [-0.05, 0) is 38.0 Å². The van der Waals surface area contributed by atoms with Crippen LogP contribution in [0.25, 0.3) is 0 Å². The largest absolute Gasteiger partial charge is 0.481 e. The predicted octanol–water partition coefficient (Wildman–Crippen LogP) is 1.51. The Bertz CT molecular complexity index is 361. The van der Waals surface area contributed by atoms with Crippen molar-refractivity contribution in [2.24, 2.45) is 11.3 Å². The molecule has 1 saturated carbocycles. The van der Waals surface area contributed by atoms with Gasteiger partial charge in [-0.15, -0.1) is 0 Å². The van der Waals surface area contributed by atoms with Crippen LogP contribution in [-0.4, -0.2) is 30.2 Å². The molecule has 1 atom stereocenters. The Hall–Kier alpha value is -1.52. The lowest BCUT2D eigenvalue weighted by Crippen LogP contribution is -2.42. The Morgan fingerprint density at radius 2 is 2.06 bits per heavy atom. The molecule has 100 valence electrons. The molecular weight excluding hydrogens is 232 g/mol. The number of hydrogen-bond acceptors (Lipinski definition) is 2. The van der Waals surface area contributed by atoms with Gasteiger partial charge in [0.2, 0.25) is 0 Å². The average molecular weight is 252 g/mol. The minimum Gasteiger partial charge on any atom is -0.481 e. The van der Waals surface area contributed by atoms with Crippen LogP contribution in [0.15, 0.2) is 12.2 Å². The normalized spacial score (nSPS) is 24.3. The number of nitrogens with one attached hydrogen (secondary N) is 2. The molecule has 5 heteroatoms. The molecule has 3 N–H and O–H groups in total. The summed E-state index contributed by atoms with van der Waals surface area (Å²) in [5.74, 6) is -0.296. The van der Waals surface area contributed by atoms with Crippen LogP contribution >= 0.6 is 0 Å². The molecule has 0 aliphatic heterocycles. The number of carboxylic acid groups (broad SMARTS) is 1. The molecule has 0 saturated heterocycles. The first-order valence-electron chi connectivity index (χ1n) is 6.52. The van der Waals surface area contributed by atoms with Crippen LogP contribution in [0, 0.1) is 11.3 Å². The quantitative estimate of drug-likeness (QED) is 0.649. The summed E-state index contributed by atoms with van der Waals surface area (Å²) in [6.07, 6.45) is 8.84. The lowest BCUT2D eigenvalue weighted by atomic mass is 9.94. The summed E-state index contributed by atoms with van der Waals surface area (Å²) in [5.41, 5.74) is -0.690. The summed E-state index contributed by atoms with van der Waals surface area (Å²) in [6, 6.07) is -0.253. The molecule has 0 radical (unpaired) electrons. The second-order valence-corrected chi connectivity index (χ2v) is 5.30. The Kier molecular flexibility index (Phi) is 3.89. The van der Waals surface area contributed by atoms with E-state index in [0.717, 1.165) is 19.3 Å². The number of urea groups is 1. The van der Waals surface area contributed by atoms with Gasteiger partial charge < -0.3 is 15.7 Å². The zero-order chi connectivity index (χ0) is 13.0. The van der Waals surface area contributed by atoms with E-state index in [1.807, 2.05) is 0 Å². The molecule has 0 spiro atoms. The molecule has 2 aliphatic rings. The van der Waals surface area contributed by atoms with E-state index in [1.54, 1.807) is 0 Å². The van der Waals surface area contributed by atoms with E-state index >= 15 is 0 Å². The predicted molar refractivity (Wildman–Crippen MR) is 67.2 cm³/mol. The van der Waals surface area contributed by atoms with Crippen LogP contribution in [0.2, 0.25) is 0 Å². The van der Waals surface area contributed by atoms with Gasteiger partial charge in [-0.1, -0.05) is 12.2 Å². The lowest BCUT2D eigenvalue weighted by Gasteiger charge is -2.18. The smallest absolute Gasteiger partial charge is 0.314 e. The number of hydrogen-bond donors (Lipinski definition) is 3. The van der Waals surface area contributed by atoms with Gasteiger partial charge >= 0.3 is 12.0 Å². The second-order valence-electron chi connectivity index (χ2n) is 5.30. The van der Waals surface area contributed by atoms with E-state index in [0.29, 0.717) is 25.3 Å². The standard InChI is InChI=1S/C13H20N2O3/c16-11(17)13(6-7-13)9-15-12(18)14-8-10-4-2-1-3-5-10/h1-2,10H,3-9H2,(H,16,17)(H2,14,15,18). The van der Waals surface area contributed by atoms with E-state index < -0.39 is 11.4 Å². The van der Waals surface area contributed by atoms with Crippen molar-refractivity contribution in [3.8, 4) is 0 Å². The third-order valence-corrected chi connectivity index (χ3v) is 3.82. The van der Waals surface area contributed by atoms with Gasteiger partial charge in [0.25, 0.3) is 0 Å². The SMILES string of the molecule is O=C(NCC1CC=CCC1)NCC1(C(=O)O)CC1. The maximum atomic E-state index is 11.5. The van der Waals surface area contributed by atoms with Gasteiger partial charge in [-0.2, -0.15) is 0 Å². The summed E-state index contributed by atoms with van der Waals surface area (Å²) in [4.78, 5) is 22.5. The van der Waals surface area contributed by atoms with E-state index in [2.05, 4.69) is 22.8 Å². The number of carbonyl (C=O) groups is 2. The minimum absolute atomic E-state index is 0.235. The van der Waals surface area contributed by atoms with Gasteiger partial charge in [0.15, 0.2) is 0 Å². The fourth-order valence-electron chi connectivity index (χ4n) is 2.21. The molecule has 0 aromatic heterocycles. The third kappa shape index (κ3) is 3.24. The summed E-state index contributed by atoms with van der Waals surface area (Å²) in [5, 5.41) is 14.4. The zero-order valence-corrected chi connectivity index (χ0v) is 10.4. The monoisotopic (exact) mass is 252 g/mol.